The lowest BCUT2D eigenvalue weighted by molar-refractivity contribution is -0.136. The fraction of sp³-hybridized carbons (Fsp3) is 0.636. The van der Waals surface area contributed by atoms with E-state index in [0.29, 0.717) is 6.42 Å². The fourth-order valence-electron chi connectivity index (χ4n) is 1.66. The molecule has 0 aromatic carbocycles. The van der Waals surface area contributed by atoms with Crippen molar-refractivity contribution in [1.29, 1.82) is 0 Å². The van der Waals surface area contributed by atoms with Gasteiger partial charge in [0.1, 0.15) is 0 Å². The maximum atomic E-state index is 11.3. The van der Waals surface area contributed by atoms with Gasteiger partial charge in [-0.3, -0.25) is 14.9 Å². The van der Waals surface area contributed by atoms with Crippen molar-refractivity contribution in [2.45, 2.75) is 39.0 Å². The highest BCUT2D eigenvalue weighted by atomic mass is 16.2. The largest absolute Gasteiger partial charge is 0.296 e. The molecule has 3 nitrogen and oxygen atoms in total. The molecule has 1 unspecified atom stereocenters. The van der Waals surface area contributed by atoms with E-state index < -0.39 is 0 Å². The van der Waals surface area contributed by atoms with Gasteiger partial charge in [-0.1, -0.05) is 12.2 Å². The molecule has 1 N–H and O–H groups in total. The maximum Gasteiger partial charge on any atom is 0.229 e. The lowest BCUT2D eigenvalue weighted by Gasteiger charge is -2.20. The minimum absolute atomic E-state index is 0.0537. The summed E-state index contributed by atoms with van der Waals surface area (Å²) in [4.78, 5) is 22.2. The van der Waals surface area contributed by atoms with E-state index in [1.54, 1.807) is 0 Å². The molecule has 1 rings (SSSR count). The summed E-state index contributed by atoms with van der Waals surface area (Å²) in [5, 5.41) is 2.37. The number of imide groups is 1. The average Bonchev–Trinajstić information content (AvgIpc) is 2.15. The molecule has 0 aliphatic carbocycles. The van der Waals surface area contributed by atoms with Gasteiger partial charge in [-0.15, -0.1) is 0 Å². The van der Waals surface area contributed by atoms with Crippen LogP contribution in [0, 0.1) is 5.92 Å². The molecule has 1 saturated heterocycles. The van der Waals surface area contributed by atoms with E-state index in [9.17, 15) is 9.59 Å². The Morgan fingerprint density at radius 3 is 2.93 bits per heavy atom. The average molecular weight is 195 g/mol. The van der Waals surface area contributed by atoms with Gasteiger partial charge in [0.25, 0.3) is 0 Å². The topological polar surface area (TPSA) is 46.2 Å². The van der Waals surface area contributed by atoms with E-state index in [2.05, 4.69) is 11.4 Å². The van der Waals surface area contributed by atoms with Crippen molar-refractivity contribution in [3.8, 4) is 0 Å². The van der Waals surface area contributed by atoms with Crippen LogP contribution in [0.2, 0.25) is 0 Å². The molecule has 0 saturated carbocycles. The van der Waals surface area contributed by atoms with Crippen LogP contribution in [0.15, 0.2) is 12.2 Å². The number of hydrogen-bond donors (Lipinski definition) is 1. The van der Waals surface area contributed by atoms with Crippen LogP contribution < -0.4 is 5.32 Å². The van der Waals surface area contributed by atoms with Crippen molar-refractivity contribution in [3.05, 3.63) is 12.2 Å². The van der Waals surface area contributed by atoms with E-state index in [0.717, 1.165) is 25.7 Å². The lowest BCUT2D eigenvalue weighted by Crippen LogP contribution is -2.40. The molecule has 0 spiro atoms. The summed E-state index contributed by atoms with van der Waals surface area (Å²) >= 11 is 0. The molecule has 14 heavy (non-hydrogen) atoms. The van der Waals surface area contributed by atoms with Gasteiger partial charge < -0.3 is 0 Å². The third kappa shape index (κ3) is 3.32. The number of piperidine rings is 1. The van der Waals surface area contributed by atoms with Crippen LogP contribution in [0.1, 0.15) is 39.0 Å². The van der Waals surface area contributed by atoms with Crippen LogP contribution in [0.25, 0.3) is 0 Å². The van der Waals surface area contributed by atoms with Gasteiger partial charge in [-0.05, 0) is 32.6 Å². The number of carbonyl (C=O) groups excluding carboxylic acids is 2. The first-order chi connectivity index (χ1) is 6.74. The Morgan fingerprint density at radius 2 is 2.29 bits per heavy atom. The fourth-order valence-corrected chi connectivity index (χ4v) is 1.66. The molecule has 1 aliphatic heterocycles. The highest BCUT2D eigenvalue weighted by molar-refractivity contribution is 5.98. The van der Waals surface area contributed by atoms with Crippen LogP contribution in [-0.2, 0) is 9.59 Å². The normalized spacial score (nSPS) is 22.8. The van der Waals surface area contributed by atoms with Gasteiger partial charge >= 0.3 is 0 Å². The third-order valence-electron chi connectivity index (χ3n) is 2.51. The van der Waals surface area contributed by atoms with Gasteiger partial charge in [0.05, 0.1) is 0 Å². The van der Waals surface area contributed by atoms with Gasteiger partial charge in [0, 0.05) is 12.3 Å². The third-order valence-corrected chi connectivity index (χ3v) is 2.51. The predicted molar refractivity (Wildman–Crippen MR) is 54.5 cm³/mol. The summed E-state index contributed by atoms with van der Waals surface area (Å²) in [6, 6.07) is 0. The Morgan fingerprint density at radius 1 is 1.50 bits per heavy atom. The molecule has 1 heterocycles. The van der Waals surface area contributed by atoms with E-state index >= 15 is 0 Å². The van der Waals surface area contributed by atoms with Crippen molar-refractivity contribution in [1.82, 2.24) is 5.32 Å². The standard InChI is InChI=1S/C11H17NO2/c1-2-3-4-5-6-9-7-8-10(13)12-11(9)14/h2-3,9H,4-8H2,1H3,(H,12,13,14)/b3-2+. The van der Waals surface area contributed by atoms with Crippen molar-refractivity contribution in [2.24, 2.45) is 5.92 Å². The van der Waals surface area contributed by atoms with Crippen LogP contribution in [0.5, 0.6) is 0 Å². The lowest BCUT2D eigenvalue weighted by atomic mass is 9.93. The Labute approximate surface area is 84.6 Å². The molecule has 0 aromatic heterocycles. The molecule has 2 amide bonds. The van der Waals surface area contributed by atoms with Crippen LogP contribution in [0.3, 0.4) is 0 Å². The number of amides is 2. The van der Waals surface area contributed by atoms with Crippen molar-refractivity contribution >= 4 is 11.8 Å². The maximum absolute atomic E-state index is 11.3. The highest BCUT2D eigenvalue weighted by Crippen LogP contribution is 2.18. The molecule has 0 radical (unpaired) electrons. The zero-order valence-electron chi connectivity index (χ0n) is 8.58. The van der Waals surface area contributed by atoms with Gasteiger partial charge in [0.15, 0.2) is 0 Å². The van der Waals surface area contributed by atoms with E-state index in [-0.39, 0.29) is 17.7 Å². The zero-order valence-corrected chi connectivity index (χ0v) is 8.58. The Hall–Kier alpha value is -1.12. The first-order valence-electron chi connectivity index (χ1n) is 5.19. The number of allylic oxidation sites excluding steroid dienone is 2. The number of rotatable bonds is 4. The van der Waals surface area contributed by atoms with Crippen LogP contribution >= 0.6 is 0 Å². The molecule has 1 atom stereocenters. The number of nitrogens with one attached hydrogen (secondary N) is 1. The number of hydrogen-bond acceptors (Lipinski definition) is 2. The quantitative estimate of drug-likeness (QED) is 0.422. The monoisotopic (exact) mass is 195 g/mol. The first kappa shape index (κ1) is 11.0. The smallest absolute Gasteiger partial charge is 0.229 e. The predicted octanol–water partition coefficient (Wildman–Crippen LogP) is 1.79. The Bertz CT molecular complexity index is 246. The molecule has 78 valence electrons. The summed E-state index contributed by atoms with van der Waals surface area (Å²) < 4.78 is 0. The SMILES string of the molecule is C/C=C/CCCC1CCC(=O)NC1=O. The Kier molecular flexibility index (Phi) is 4.36. The molecular weight excluding hydrogens is 178 g/mol. The first-order valence-corrected chi connectivity index (χ1v) is 5.19. The minimum Gasteiger partial charge on any atom is -0.296 e. The zero-order chi connectivity index (χ0) is 10.4. The van der Waals surface area contributed by atoms with Gasteiger partial charge in [0.2, 0.25) is 11.8 Å². The second-order valence-corrected chi connectivity index (χ2v) is 3.65. The summed E-state index contributed by atoms with van der Waals surface area (Å²) in [6.07, 6.45) is 8.28. The van der Waals surface area contributed by atoms with Crippen LogP contribution in [-0.4, -0.2) is 11.8 Å². The van der Waals surface area contributed by atoms with E-state index in [1.165, 1.54) is 0 Å². The highest BCUT2D eigenvalue weighted by Gasteiger charge is 2.25. The summed E-state index contributed by atoms with van der Waals surface area (Å²) in [7, 11) is 0. The second kappa shape index (κ2) is 5.58. The number of carbonyl (C=O) groups is 2. The molecule has 3 heteroatoms. The Balaban J connectivity index is 2.24. The van der Waals surface area contributed by atoms with E-state index in [4.69, 9.17) is 0 Å². The molecule has 0 aromatic rings. The summed E-state index contributed by atoms with van der Waals surface area (Å²) in [6.45, 7) is 1.99. The second-order valence-electron chi connectivity index (χ2n) is 3.65. The molecule has 1 aliphatic rings. The molecule has 0 bridgehead atoms. The van der Waals surface area contributed by atoms with Crippen molar-refractivity contribution in [2.75, 3.05) is 0 Å². The van der Waals surface area contributed by atoms with Gasteiger partial charge in [-0.2, -0.15) is 0 Å². The summed E-state index contributed by atoms with van der Waals surface area (Å²) in [5.74, 6) is -0.153. The van der Waals surface area contributed by atoms with Crippen LogP contribution in [0.4, 0.5) is 0 Å². The molecule has 1 fully saturated rings. The summed E-state index contributed by atoms with van der Waals surface area (Å²) in [5.41, 5.74) is 0. The number of unbranched alkanes of at least 4 members (excludes halogenated alkanes) is 1. The van der Waals surface area contributed by atoms with Crippen molar-refractivity contribution < 1.29 is 9.59 Å². The van der Waals surface area contributed by atoms with E-state index in [1.807, 2.05) is 13.0 Å². The minimum atomic E-state index is -0.125. The van der Waals surface area contributed by atoms with Gasteiger partial charge in [-0.25, -0.2) is 0 Å². The molecular formula is C11H17NO2. The van der Waals surface area contributed by atoms with Crippen molar-refractivity contribution in [3.63, 3.8) is 0 Å².